The first-order chi connectivity index (χ1) is 12.0. The predicted octanol–water partition coefficient (Wildman–Crippen LogP) is 0.197. The number of carbonyl (C=O) groups excluding carboxylic acids is 2. The third-order valence-electron chi connectivity index (χ3n) is 4.85. The molecule has 0 aromatic heterocycles. The Balaban J connectivity index is 2.02. The van der Waals surface area contributed by atoms with Crippen molar-refractivity contribution in [3.63, 3.8) is 0 Å². The Morgan fingerprint density at radius 2 is 1.80 bits per heavy atom. The van der Waals surface area contributed by atoms with Gasteiger partial charge in [0.25, 0.3) is 5.91 Å². The minimum atomic E-state index is -0.502. The fourth-order valence-electron chi connectivity index (χ4n) is 3.07. The maximum Gasteiger partial charge on any atom is 0.251 e. The van der Waals surface area contributed by atoms with E-state index in [4.69, 9.17) is 4.74 Å². The molecule has 0 radical (unpaired) electrons. The number of nitrogens with one attached hydrogen (secondary N) is 2. The minimum absolute atomic E-state index is 0.0204. The van der Waals surface area contributed by atoms with Crippen LogP contribution in [0.1, 0.15) is 31.1 Å². The van der Waals surface area contributed by atoms with Crippen LogP contribution in [0.3, 0.4) is 0 Å². The maximum atomic E-state index is 12.9. The van der Waals surface area contributed by atoms with Crippen LogP contribution in [0.25, 0.3) is 0 Å². The van der Waals surface area contributed by atoms with Crippen molar-refractivity contribution in [1.29, 1.82) is 0 Å². The molecule has 0 bridgehead atoms. The molecule has 1 heterocycles. The lowest BCUT2D eigenvalue weighted by Crippen LogP contribution is -3.14. The number of quaternary nitrogens is 1. The van der Waals surface area contributed by atoms with Gasteiger partial charge in [-0.05, 0) is 37.1 Å². The molecule has 6 nitrogen and oxygen atoms in total. The topological polar surface area (TPSA) is 63.1 Å². The molecule has 1 aliphatic rings. The number of likely N-dealkylation sites (N-methyl/N-ethyl adjacent to an activating group) is 1. The van der Waals surface area contributed by atoms with E-state index in [0.717, 1.165) is 32.7 Å². The van der Waals surface area contributed by atoms with E-state index in [1.807, 2.05) is 18.7 Å². The fourth-order valence-corrected chi connectivity index (χ4v) is 3.07. The van der Waals surface area contributed by atoms with Gasteiger partial charge in [-0.15, -0.1) is 0 Å². The molecule has 1 atom stereocenters. The summed E-state index contributed by atoms with van der Waals surface area (Å²) < 4.78 is 5.11. The molecule has 1 aromatic rings. The number of hydrogen-bond acceptors (Lipinski definition) is 3. The molecule has 1 saturated heterocycles. The number of benzene rings is 1. The Kier molecular flexibility index (Phi) is 6.82. The molecular weight excluding hydrogens is 318 g/mol. The molecule has 2 amide bonds. The van der Waals surface area contributed by atoms with Crippen molar-refractivity contribution in [1.82, 2.24) is 10.2 Å². The highest BCUT2D eigenvalue weighted by atomic mass is 16.5. The lowest BCUT2D eigenvalue weighted by atomic mass is 10.0. The number of carbonyl (C=O) groups is 2. The quantitative estimate of drug-likeness (QED) is 0.772. The van der Waals surface area contributed by atoms with E-state index in [1.54, 1.807) is 31.4 Å². The monoisotopic (exact) mass is 348 g/mol. The Bertz CT molecular complexity index is 578. The molecule has 1 fully saturated rings. The van der Waals surface area contributed by atoms with E-state index in [1.165, 1.54) is 4.90 Å². The van der Waals surface area contributed by atoms with Crippen LogP contribution in [-0.4, -0.2) is 62.6 Å². The molecule has 6 heteroatoms. The number of hydrogen-bond donors (Lipinski definition) is 2. The third kappa shape index (κ3) is 4.95. The maximum absolute atomic E-state index is 12.9. The van der Waals surface area contributed by atoms with Crippen molar-refractivity contribution in [3.05, 3.63) is 29.8 Å². The van der Waals surface area contributed by atoms with Crippen molar-refractivity contribution in [2.45, 2.75) is 26.8 Å². The van der Waals surface area contributed by atoms with E-state index >= 15 is 0 Å². The summed E-state index contributed by atoms with van der Waals surface area (Å²) in [6, 6.07) is 6.40. The molecule has 138 valence electrons. The summed E-state index contributed by atoms with van der Waals surface area (Å²) in [5.74, 6) is 0.523. The average molecular weight is 348 g/mol. The van der Waals surface area contributed by atoms with Crippen molar-refractivity contribution < 1.29 is 19.2 Å². The highest BCUT2D eigenvalue weighted by Crippen LogP contribution is 2.13. The second-order valence-corrected chi connectivity index (χ2v) is 6.85. The number of rotatable bonds is 6. The van der Waals surface area contributed by atoms with Gasteiger partial charge in [0, 0.05) is 5.56 Å². The lowest BCUT2D eigenvalue weighted by Gasteiger charge is -2.35. The molecule has 1 aliphatic heterocycles. The van der Waals surface area contributed by atoms with Crippen LogP contribution in [0, 0.1) is 5.92 Å². The first kappa shape index (κ1) is 19.2. The standard InChI is InChI=1S/C19H29N3O3/c1-5-21-10-12-22(13-11-21)19(24)17(14(2)3)20-18(23)15-6-8-16(25-4)9-7-15/h6-9,14,17H,5,10-13H2,1-4H3,(H,20,23)/p+1/t17-/m0/s1. The molecule has 0 aliphatic carbocycles. The van der Waals surface area contributed by atoms with Crippen LogP contribution in [-0.2, 0) is 4.79 Å². The Morgan fingerprint density at radius 3 is 2.28 bits per heavy atom. The molecule has 0 unspecified atom stereocenters. The smallest absolute Gasteiger partial charge is 0.251 e. The molecule has 0 spiro atoms. The van der Waals surface area contributed by atoms with Crippen LogP contribution in [0.5, 0.6) is 5.75 Å². The summed E-state index contributed by atoms with van der Waals surface area (Å²) in [7, 11) is 1.59. The van der Waals surface area contributed by atoms with Crippen LogP contribution in [0.4, 0.5) is 0 Å². The van der Waals surface area contributed by atoms with Crippen LogP contribution in [0.2, 0.25) is 0 Å². The Labute approximate surface area is 150 Å². The van der Waals surface area contributed by atoms with Crippen molar-refractivity contribution in [2.24, 2.45) is 5.92 Å². The van der Waals surface area contributed by atoms with Gasteiger partial charge in [0.05, 0.1) is 39.8 Å². The normalized spacial score (nSPS) is 16.6. The van der Waals surface area contributed by atoms with Crippen molar-refractivity contribution >= 4 is 11.8 Å². The Hall–Kier alpha value is -2.08. The predicted molar refractivity (Wildman–Crippen MR) is 96.9 cm³/mol. The van der Waals surface area contributed by atoms with Crippen LogP contribution in [0.15, 0.2) is 24.3 Å². The van der Waals surface area contributed by atoms with E-state index in [9.17, 15) is 9.59 Å². The molecule has 2 N–H and O–H groups in total. The zero-order chi connectivity index (χ0) is 18.4. The highest BCUT2D eigenvalue weighted by molar-refractivity contribution is 5.97. The molecule has 1 aromatic carbocycles. The van der Waals surface area contributed by atoms with E-state index in [0.29, 0.717) is 11.3 Å². The molecule has 2 rings (SSSR count). The summed E-state index contributed by atoms with van der Waals surface area (Å²) in [6.45, 7) is 10.6. The second-order valence-electron chi connectivity index (χ2n) is 6.85. The summed E-state index contributed by atoms with van der Waals surface area (Å²) in [5.41, 5.74) is 0.527. The van der Waals surface area contributed by atoms with E-state index in [-0.39, 0.29) is 17.7 Å². The van der Waals surface area contributed by atoms with Gasteiger partial charge in [-0.2, -0.15) is 0 Å². The minimum Gasteiger partial charge on any atom is -0.497 e. The average Bonchev–Trinajstić information content (AvgIpc) is 2.65. The second kappa shape index (κ2) is 8.85. The van der Waals surface area contributed by atoms with Crippen LogP contribution < -0.4 is 15.0 Å². The number of piperazine rings is 1. The highest BCUT2D eigenvalue weighted by Gasteiger charge is 2.31. The first-order valence-electron chi connectivity index (χ1n) is 9.03. The van der Waals surface area contributed by atoms with Gasteiger partial charge in [0.1, 0.15) is 11.8 Å². The van der Waals surface area contributed by atoms with Gasteiger partial charge in [-0.1, -0.05) is 13.8 Å². The van der Waals surface area contributed by atoms with E-state index in [2.05, 4.69) is 12.2 Å². The van der Waals surface area contributed by atoms with Gasteiger partial charge in [0.2, 0.25) is 5.91 Å². The SMILES string of the molecule is CC[NH+]1CCN(C(=O)[C@@H](NC(=O)c2ccc(OC)cc2)C(C)C)CC1. The number of nitrogens with zero attached hydrogens (tertiary/aromatic N) is 1. The number of methoxy groups -OCH3 is 1. The molecular formula is C19H30N3O3+. The summed E-state index contributed by atoms with van der Waals surface area (Å²) in [4.78, 5) is 28.8. The summed E-state index contributed by atoms with van der Waals surface area (Å²) >= 11 is 0. The van der Waals surface area contributed by atoms with Crippen LogP contribution >= 0.6 is 0 Å². The van der Waals surface area contributed by atoms with Gasteiger partial charge < -0.3 is 19.9 Å². The fraction of sp³-hybridized carbons (Fsp3) is 0.579. The molecule has 0 saturated carbocycles. The van der Waals surface area contributed by atoms with Crippen molar-refractivity contribution in [2.75, 3.05) is 39.8 Å². The number of ether oxygens (including phenoxy) is 1. The third-order valence-corrected chi connectivity index (χ3v) is 4.85. The van der Waals surface area contributed by atoms with Gasteiger partial charge >= 0.3 is 0 Å². The zero-order valence-corrected chi connectivity index (χ0v) is 15.7. The first-order valence-corrected chi connectivity index (χ1v) is 9.03. The van der Waals surface area contributed by atoms with Gasteiger partial charge in [0.15, 0.2) is 0 Å². The number of amides is 2. The van der Waals surface area contributed by atoms with Crippen molar-refractivity contribution in [3.8, 4) is 5.75 Å². The Morgan fingerprint density at radius 1 is 1.20 bits per heavy atom. The van der Waals surface area contributed by atoms with Gasteiger partial charge in [-0.3, -0.25) is 9.59 Å². The summed E-state index contributed by atoms with van der Waals surface area (Å²) in [6.07, 6.45) is 0. The zero-order valence-electron chi connectivity index (χ0n) is 15.7. The largest absolute Gasteiger partial charge is 0.497 e. The van der Waals surface area contributed by atoms with Gasteiger partial charge in [-0.25, -0.2) is 0 Å². The lowest BCUT2D eigenvalue weighted by molar-refractivity contribution is -0.902. The summed E-state index contributed by atoms with van der Waals surface area (Å²) in [5, 5.41) is 2.91. The molecule has 25 heavy (non-hydrogen) atoms. The van der Waals surface area contributed by atoms with E-state index < -0.39 is 6.04 Å².